The van der Waals surface area contributed by atoms with E-state index in [0.29, 0.717) is 24.3 Å². The number of thioether (sulfide) groups is 1. The number of hydrogen-bond donors (Lipinski definition) is 1. The molecule has 1 N–H and O–H groups in total. The summed E-state index contributed by atoms with van der Waals surface area (Å²) in [6.45, 7) is 3.03. The molecule has 2 aromatic carbocycles. The molecule has 5 rings (SSSR count). The molecule has 3 amide bonds. The number of ether oxygens (including phenoxy) is 1. The summed E-state index contributed by atoms with van der Waals surface area (Å²) in [6.07, 6.45) is 3.09. The van der Waals surface area contributed by atoms with Crippen LogP contribution in [0.15, 0.2) is 47.5 Å². The van der Waals surface area contributed by atoms with E-state index in [-0.39, 0.29) is 24.1 Å². The second kappa shape index (κ2) is 10.1. The standard InChI is InChI=1S/C26H28N4O4S/c1-34-21-9-6-17-10-13-30(16-19(17)14-21)25(33)18-4-7-20(8-5-18)27-23(31)15-22-24(32)28-26(35-22)29-11-2-3-12-29/h4-9,14,22H,2-3,10-13,15-16H2,1H3,(H,27,31). The summed E-state index contributed by atoms with van der Waals surface area (Å²) in [6, 6.07) is 12.9. The number of hydrogen-bond acceptors (Lipinski definition) is 6. The van der Waals surface area contributed by atoms with E-state index in [1.165, 1.54) is 17.3 Å². The van der Waals surface area contributed by atoms with Gasteiger partial charge in [0.2, 0.25) is 5.91 Å². The molecule has 35 heavy (non-hydrogen) atoms. The molecular weight excluding hydrogens is 464 g/mol. The average molecular weight is 493 g/mol. The van der Waals surface area contributed by atoms with Crippen molar-refractivity contribution in [3.05, 3.63) is 59.2 Å². The second-order valence-corrected chi connectivity index (χ2v) is 10.1. The highest BCUT2D eigenvalue weighted by molar-refractivity contribution is 8.15. The van der Waals surface area contributed by atoms with E-state index in [4.69, 9.17) is 4.74 Å². The highest BCUT2D eigenvalue weighted by Gasteiger charge is 2.33. The smallest absolute Gasteiger partial charge is 0.262 e. The third-order valence-electron chi connectivity index (χ3n) is 6.60. The number of carbonyl (C=O) groups is 3. The molecule has 3 aliphatic heterocycles. The maximum absolute atomic E-state index is 13.1. The Morgan fingerprint density at radius 2 is 1.86 bits per heavy atom. The lowest BCUT2D eigenvalue weighted by Gasteiger charge is -2.29. The number of aliphatic imine (C=N–C) groups is 1. The van der Waals surface area contributed by atoms with Gasteiger partial charge in [0.1, 0.15) is 11.0 Å². The van der Waals surface area contributed by atoms with Crippen LogP contribution in [-0.2, 0) is 22.6 Å². The minimum Gasteiger partial charge on any atom is -0.497 e. The number of fused-ring (bicyclic) bond motifs is 1. The number of nitrogens with one attached hydrogen (secondary N) is 1. The third-order valence-corrected chi connectivity index (χ3v) is 7.82. The van der Waals surface area contributed by atoms with Crippen LogP contribution in [0.2, 0.25) is 0 Å². The number of amides is 3. The van der Waals surface area contributed by atoms with Crippen LogP contribution in [0.4, 0.5) is 5.69 Å². The lowest BCUT2D eigenvalue weighted by molar-refractivity contribution is -0.121. The first-order valence-corrected chi connectivity index (χ1v) is 12.8. The molecule has 0 aromatic heterocycles. The van der Waals surface area contributed by atoms with Crippen molar-refractivity contribution in [1.29, 1.82) is 0 Å². The van der Waals surface area contributed by atoms with Crippen molar-refractivity contribution < 1.29 is 19.1 Å². The van der Waals surface area contributed by atoms with Crippen LogP contribution in [0.1, 0.15) is 40.7 Å². The van der Waals surface area contributed by atoms with Crippen molar-refractivity contribution in [2.75, 3.05) is 32.1 Å². The van der Waals surface area contributed by atoms with Crippen molar-refractivity contribution in [3.63, 3.8) is 0 Å². The normalized spacial score (nSPS) is 19.4. The van der Waals surface area contributed by atoms with Gasteiger partial charge in [0.15, 0.2) is 5.17 Å². The van der Waals surface area contributed by atoms with Gasteiger partial charge in [-0.3, -0.25) is 14.4 Å². The molecule has 182 valence electrons. The van der Waals surface area contributed by atoms with Crippen LogP contribution in [-0.4, -0.2) is 64.7 Å². The summed E-state index contributed by atoms with van der Waals surface area (Å²) in [5, 5.41) is 3.10. The summed E-state index contributed by atoms with van der Waals surface area (Å²) in [7, 11) is 1.64. The third kappa shape index (κ3) is 5.19. The molecule has 8 nitrogen and oxygen atoms in total. The summed E-state index contributed by atoms with van der Waals surface area (Å²) in [5.41, 5.74) is 3.50. The summed E-state index contributed by atoms with van der Waals surface area (Å²) < 4.78 is 5.32. The van der Waals surface area contributed by atoms with Crippen LogP contribution >= 0.6 is 11.8 Å². The average Bonchev–Trinajstić information content (AvgIpc) is 3.53. The van der Waals surface area contributed by atoms with Crippen molar-refractivity contribution >= 4 is 40.3 Å². The predicted molar refractivity (Wildman–Crippen MR) is 136 cm³/mol. The quantitative estimate of drug-likeness (QED) is 0.689. The first-order valence-electron chi connectivity index (χ1n) is 11.9. The molecule has 1 atom stereocenters. The Morgan fingerprint density at radius 3 is 2.60 bits per heavy atom. The van der Waals surface area contributed by atoms with E-state index in [0.717, 1.165) is 48.8 Å². The number of methoxy groups -OCH3 is 1. The van der Waals surface area contributed by atoms with E-state index >= 15 is 0 Å². The van der Waals surface area contributed by atoms with E-state index in [1.54, 1.807) is 31.4 Å². The minimum absolute atomic E-state index is 0.0455. The fourth-order valence-electron chi connectivity index (χ4n) is 4.65. The fraction of sp³-hybridized carbons (Fsp3) is 0.385. The van der Waals surface area contributed by atoms with Gasteiger partial charge in [-0.05, 0) is 66.8 Å². The molecule has 9 heteroatoms. The predicted octanol–water partition coefficient (Wildman–Crippen LogP) is 3.32. The molecule has 0 bridgehead atoms. The van der Waals surface area contributed by atoms with Gasteiger partial charge in [0.05, 0.1) is 7.11 Å². The lowest BCUT2D eigenvalue weighted by Crippen LogP contribution is -2.35. The Kier molecular flexibility index (Phi) is 6.77. The number of rotatable bonds is 5. The highest BCUT2D eigenvalue weighted by atomic mass is 32.2. The molecular formula is C26H28N4O4S. The van der Waals surface area contributed by atoms with Crippen molar-refractivity contribution in [1.82, 2.24) is 9.80 Å². The summed E-state index contributed by atoms with van der Waals surface area (Å²) in [5.74, 6) is 0.258. The number of nitrogens with zero attached hydrogens (tertiary/aromatic N) is 3. The Morgan fingerprint density at radius 1 is 1.09 bits per heavy atom. The van der Waals surface area contributed by atoms with Gasteiger partial charge < -0.3 is 19.9 Å². The van der Waals surface area contributed by atoms with Gasteiger partial charge >= 0.3 is 0 Å². The van der Waals surface area contributed by atoms with Gasteiger partial charge in [-0.1, -0.05) is 17.8 Å². The zero-order valence-electron chi connectivity index (χ0n) is 19.7. The van der Waals surface area contributed by atoms with Crippen LogP contribution in [0.25, 0.3) is 0 Å². The Labute approximate surface area is 208 Å². The zero-order valence-corrected chi connectivity index (χ0v) is 20.5. The van der Waals surface area contributed by atoms with Crippen LogP contribution in [0.5, 0.6) is 5.75 Å². The molecule has 0 radical (unpaired) electrons. The molecule has 1 unspecified atom stereocenters. The number of carbonyl (C=O) groups excluding carboxylic acids is 3. The fourth-order valence-corrected chi connectivity index (χ4v) is 5.76. The van der Waals surface area contributed by atoms with Crippen molar-refractivity contribution in [2.45, 2.75) is 37.5 Å². The molecule has 3 heterocycles. The molecule has 3 aliphatic rings. The number of benzene rings is 2. The second-order valence-electron chi connectivity index (χ2n) is 8.97. The van der Waals surface area contributed by atoms with Crippen LogP contribution in [0.3, 0.4) is 0 Å². The largest absolute Gasteiger partial charge is 0.497 e. The summed E-state index contributed by atoms with van der Waals surface area (Å²) >= 11 is 1.38. The van der Waals surface area contributed by atoms with Gasteiger partial charge in [-0.25, -0.2) is 0 Å². The van der Waals surface area contributed by atoms with Crippen molar-refractivity contribution in [3.8, 4) is 5.75 Å². The van der Waals surface area contributed by atoms with Gasteiger partial charge in [0.25, 0.3) is 11.8 Å². The number of anilines is 1. The van der Waals surface area contributed by atoms with Gasteiger partial charge in [-0.2, -0.15) is 4.99 Å². The zero-order chi connectivity index (χ0) is 24.4. The molecule has 1 fully saturated rings. The molecule has 0 aliphatic carbocycles. The first-order chi connectivity index (χ1) is 17.0. The minimum atomic E-state index is -0.480. The van der Waals surface area contributed by atoms with Crippen molar-refractivity contribution in [2.24, 2.45) is 4.99 Å². The molecule has 0 spiro atoms. The maximum atomic E-state index is 13.1. The first kappa shape index (κ1) is 23.4. The number of likely N-dealkylation sites (tertiary alicyclic amines) is 1. The molecule has 1 saturated heterocycles. The van der Waals surface area contributed by atoms with E-state index < -0.39 is 5.25 Å². The van der Waals surface area contributed by atoms with Gasteiger partial charge in [0, 0.05) is 43.9 Å². The monoisotopic (exact) mass is 492 g/mol. The Bertz CT molecular complexity index is 1170. The highest BCUT2D eigenvalue weighted by Crippen LogP contribution is 2.29. The van der Waals surface area contributed by atoms with Crippen LogP contribution in [0, 0.1) is 0 Å². The van der Waals surface area contributed by atoms with E-state index in [9.17, 15) is 14.4 Å². The van der Waals surface area contributed by atoms with E-state index in [1.807, 2.05) is 17.0 Å². The molecule has 0 saturated carbocycles. The Balaban J connectivity index is 1.15. The summed E-state index contributed by atoms with van der Waals surface area (Å²) in [4.78, 5) is 45.9. The lowest BCUT2D eigenvalue weighted by atomic mass is 9.99. The SMILES string of the molecule is COc1ccc2c(c1)CN(C(=O)c1ccc(NC(=O)CC3SC(N4CCCC4)=NC3=O)cc1)CC2. The Hall–Kier alpha value is -3.33. The number of amidine groups is 1. The van der Waals surface area contributed by atoms with Crippen LogP contribution < -0.4 is 10.1 Å². The maximum Gasteiger partial charge on any atom is 0.262 e. The van der Waals surface area contributed by atoms with Gasteiger partial charge in [-0.15, -0.1) is 0 Å². The van der Waals surface area contributed by atoms with E-state index in [2.05, 4.69) is 21.3 Å². The topological polar surface area (TPSA) is 91.3 Å². The molecule has 2 aromatic rings.